The average Bonchev–Trinajstić information content (AvgIpc) is 3.12. The predicted molar refractivity (Wildman–Crippen MR) is 100 cm³/mol. The normalized spacial score (nSPS) is 13.2. The SMILES string of the molecule is CCOC(=O)c1c(-n2c(C)cc(C(=O)CC#N)c2C)sc2c1CCCC2. The molecular weight excluding hydrogens is 348 g/mol. The molecule has 2 aromatic heterocycles. The summed E-state index contributed by atoms with van der Waals surface area (Å²) in [6.07, 6.45) is 3.93. The summed E-state index contributed by atoms with van der Waals surface area (Å²) in [7, 11) is 0. The third kappa shape index (κ3) is 3.08. The fourth-order valence-corrected chi connectivity index (χ4v) is 5.14. The van der Waals surface area contributed by atoms with Crippen LogP contribution in [-0.4, -0.2) is 22.9 Å². The maximum Gasteiger partial charge on any atom is 0.341 e. The molecule has 1 aliphatic rings. The molecule has 136 valence electrons. The largest absolute Gasteiger partial charge is 0.462 e. The molecule has 0 amide bonds. The third-order valence-corrected chi connectivity index (χ3v) is 6.08. The van der Waals surface area contributed by atoms with Crippen LogP contribution in [0, 0.1) is 25.2 Å². The molecule has 2 aromatic rings. The average molecular weight is 370 g/mol. The van der Waals surface area contributed by atoms with Crippen molar-refractivity contribution in [3.05, 3.63) is 39.0 Å². The number of nitriles is 1. The summed E-state index contributed by atoms with van der Waals surface area (Å²) in [5.74, 6) is -0.481. The molecule has 0 fully saturated rings. The van der Waals surface area contributed by atoms with E-state index in [-0.39, 0.29) is 18.2 Å². The molecule has 0 saturated heterocycles. The summed E-state index contributed by atoms with van der Waals surface area (Å²) >= 11 is 1.62. The Morgan fingerprint density at radius 1 is 1.31 bits per heavy atom. The van der Waals surface area contributed by atoms with Crippen molar-refractivity contribution >= 4 is 23.1 Å². The van der Waals surface area contributed by atoms with Gasteiger partial charge in [-0.1, -0.05) is 0 Å². The molecule has 0 radical (unpaired) electrons. The molecule has 0 atom stereocenters. The minimum absolute atomic E-state index is 0.143. The molecule has 5 nitrogen and oxygen atoms in total. The first-order valence-corrected chi connectivity index (χ1v) is 9.72. The van der Waals surface area contributed by atoms with Crippen molar-refractivity contribution in [3.63, 3.8) is 0 Å². The van der Waals surface area contributed by atoms with Gasteiger partial charge in [0.2, 0.25) is 0 Å². The van der Waals surface area contributed by atoms with Crippen LogP contribution in [0.5, 0.6) is 0 Å². The maximum absolute atomic E-state index is 12.7. The van der Waals surface area contributed by atoms with E-state index in [1.807, 2.05) is 30.6 Å². The number of aromatic nitrogens is 1. The van der Waals surface area contributed by atoms with Gasteiger partial charge in [-0.2, -0.15) is 5.26 Å². The van der Waals surface area contributed by atoms with Gasteiger partial charge in [-0.3, -0.25) is 4.79 Å². The van der Waals surface area contributed by atoms with Gasteiger partial charge in [0.05, 0.1) is 24.7 Å². The molecule has 2 heterocycles. The zero-order valence-corrected chi connectivity index (χ0v) is 16.2. The number of esters is 1. The molecular formula is C20H22N2O3S. The molecule has 0 aromatic carbocycles. The minimum Gasteiger partial charge on any atom is -0.462 e. The number of hydrogen-bond acceptors (Lipinski definition) is 5. The first-order valence-electron chi connectivity index (χ1n) is 8.90. The number of aryl methyl sites for hydroxylation is 2. The Kier molecular flexibility index (Phi) is 5.28. The van der Waals surface area contributed by atoms with Crippen LogP contribution < -0.4 is 0 Å². The van der Waals surface area contributed by atoms with Gasteiger partial charge in [-0.25, -0.2) is 4.79 Å². The first kappa shape index (κ1) is 18.4. The Bertz CT molecular complexity index is 915. The summed E-state index contributed by atoms with van der Waals surface area (Å²) < 4.78 is 7.30. The second kappa shape index (κ2) is 7.46. The van der Waals surface area contributed by atoms with E-state index in [4.69, 9.17) is 10.00 Å². The van der Waals surface area contributed by atoms with Crippen LogP contribution in [0.25, 0.3) is 5.00 Å². The van der Waals surface area contributed by atoms with Gasteiger partial charge in [0.15, 0.2) is 5.78 Å². The second-order valence-corrected chi connectivity index (χ2v) is 7.57. The van der Waals surface area contributed by atoms with Crippen LogP contribution in [0.2, 0.25) is 0 Å². The summed E-state index contributed by atoms with van der Waals surface area (Å²) in [5.41, 5.74) is 3.95. The number of nitrogens with zero attached hydrogens (tertiary/aromatic N) is 2. The lowest BCUT2D eigenvalue weighted by Crippen LogP contribution is -2.12. The highest BCUT2D eigenvalue weighted by Gasteiger charge is 2.29. The summed E-state index contributed by atoms with van der Waals surface area (Å²) in [4.78, 5) is 26.2. The van der Waals surface area contributed by atoms with Crippen molar-refractivity contribution in [1.29, 1.82) is 5.26 Å². The predicted octanol–water partition coefficient (Wildman–Crippen LogP) is 4.31. The van der Waals surface area contributed by atoms with Crippen molar-refractivity contribution in [2.75, 3.05) is 6.61 Å². The number of thiophene rings is 1. The Hall–Kier alpha value is -2.39. The first-order chi connectivity index (χ1) is 12.5. The molecule has 3 rings (SSSR count). The molecule has 0 saturated carbocycles. The standard InChI is InChI=1S/C20H22N2O3S/c1-4-25-20(24)18-14-7-5-6-8-17(14)26-19(18)22-12(2)11-15(13(22)3)16(23)9-10-21/h11H,4-9H2,1-3H3. The lowest BCUT2D eigenvalue weighted by Gasteiger charge is -2.13. The monoisotopic (exact) mass is 370 g/mol. The number of rotatable bonds is 5. The number of ether oxygens (including phenoxy) is 1. The van der Waals surface area contributed by atoms with E-state index in [1.54, 1.807) is 18.3 Å². The molecule has 1 aliphatic carbocycles. The zero-order chi connectivity index (χ0) is 18.8. The smallest absolute Gasteiger partial charge is 0.341 e. The Balaban J connectivity index is 2.19. The Morgan fingerprint density at radius 3 is 2.73 bits per heavy atom. The molecule has 6 heteroatoms. The van der Waals surface area contributed by atoms with Crippen LogP contribution in [0.15, 0.2) is 6.07 Å². The van der Waals surface area contributed by atoms with Gasteiger partial charge in [-0.15, -0.1) is 11.3 Å². The number of fused-ring (bicyclic) bond motifs is 1. The minimum atomic E-state index is -0.292. The van der Waals surface area contributed by atoms with Gasteiger partial charge in [0.1, 0.15) is 5.00 Å². The number of ketones is 1. The lowest BCUT2D eigenvalue weighted by atomic mass is 9.95. The van der Waals surface area contributed by atoms with Crippen molar-refractivity contribution in [1.82, 2.24) is 4.57 Å². The van der Waals surface area contributed by atoms with Gasteiger partial charge >= 0.3 is 5.97 Å². The highest BCUT2D eigenvalue weighted by atomic mass is 32.1. The highest BCUT2D eigenvalue weighted by molar-refractivity contribution is 7.15. The van der Waals surface area contributed by atoms with Crippen LogP contribution >= 0.6 is 11.3 Å². The van der Waals surface area contributed by atoms with Gasteiger partial charge in [0, 0.05) is 21.8 Å². The van der Waals surface area contributed by atoms with E-state index < -0.39 is 0 Å². The number of Topliss-reactive ketones (excluding diaryl/α,β-unsaturated/α-hetero) is 1. The van der Waals surface area contributed by atoms with Crippen molar-refractivity contribution < 1.29 is 14.3 Å². The fourth-order valence-electron chi connectivity index (χ4n) is 3.65. The van der Waals surface area contributed by atoms with E-state index in [2.05, 4.69) is 0 Å². The van der Waals surface area contributed by atoms with Gasteiger partial charge in [0.25, 0.3) is 0 Å². The zero-order valence-electron chi connectivity index (χ0n) is 15.3. The number of hydrogen-bond donors (Lipinski definition) is 0. The quantitative estimate of drug-likeness (QED) is 0.581. The van der Waals surface area contributed by atoms with Crippen molar-refractivity contribution in [2.45, 2.75) is 52.9 Å². The fraction of sp³-hybridized carbons (Fsp3) is 0.450. The Labute approximate surface area is 157 Å². The van der Waals surface area contributed by atoms with Crippen LogP contribution in [0.1, 0.15) is 68.7 Å². The van der Waals surface area contributed by atoms with E-state index in [0.29, 0.717) is 17.7 Å². The lowest BCUT2D eigenvalue weighted by molar-refractivity contribution is 0.0525. The molecule has 0 spiro atoms. The van der Waals surface area contributed by atoms with Gasteiger partial charge in [-0.05, 0) is 58.1 Å². The van der Waals surface area contributed by atoms with Crippen LogP contribution in [-0.2, 0) is 17.6 Å². The molecule has 0 N–H and O–H groups in total. The van der Waals surface area contributed by atoms with Crippen molar-refractivity contribution in [3.8, 4) is 11.1 Å². The van der Waals surface area contributed by atoms with Crippen molar-refractivity contribution in [2.24, 2.45) is 0 Å². The third-order valence-electron chi connectivity index (χ3n) is 4.81. The van der Waals surface area contributed by atoms with Gasteiger partial charge < -0.3 is 9.30 Å². The molecule has 0 unspecified atom stereocenters. The maximum atomic E-state index is 12.7. The summed E-state index contributed by atoms with van der Waals surface area (Å²) in [6.45, 7) is 5.93. The molecule has 0 bridgehead atoms. The van der Waals surface area contributed by atoms with E-state index in [1.165, 1.54) is 4.88 Å². The Morgan fingerprint density at radius 2 is 2.04 bits per heavy atom. The topological polar surface area (TPSA) is 72.1 Å². The molecule has 0 aliphatic heterocycles. The van der Waals surface area contributed by atoms with E-state index >= 15 is 0 Å². The van der Waals surface area contributed by atoms with Crippen LogP contribution in [0.3, 0.4) is 0 Å². The van der Waals surface area contributed by atoms with E-state index in [9.17, 15) is 9.59 Å². The number of carbonyl (C=O) groups is 2. The summed E-state index contributed by atoms with van der Waals surface area (Å²) in [5, 5.41) is 9.67. The number of carbonyl (C=O) groups excluding carboxylic acids is 2. The van der Waals surface area contributed by atoms with Crippen LogP contribution in [0.4, 0.5) is 0 Å². The second-order valence-electron chi connectivity index (χ2n) is 6.49. The van der Waals surface area contributed by atoms with E-state index in [0.717, 1.165) is 47.6 Å². The summed E-state index contributed by atoms with van der Waals surface area (Å²) in [6, 6.07) is 3.73. The molecule has 26 heavy (non-hydrogen) atoms. The highest BCUT2D eigenvalue weighted by Crippen LogP contribution is 2.39.